The molecule has 0 aromatic rings. The van der Waals surface area contributed by atoms with Gasteiger partial charge in [0.05, 0.1) is 0 Å². The molecular weight excluding hydrogens is 428 g/mol. The predicted molar refractivity (Wildman–Crippen MR) is 156 cm³/mol. The van der Waals surface area contributed by atoms with Crippen LogP contribution >= 0.6 is 0 Å². The molecular formula is C33H56O2. The summed E-state index contributed by atoms with van der Waals surface area (Å²) < 4.78 is 5.38. The van der Waals surface area contributed by atoms with Crippen molar-refractivity contribution in [3.8, 4) is 0 Å². The van der Waals surface area contributed by atoms with Crippen LogP contribution in [0.4, 0.5) is 0 Å². The van der Waals surface area contributed by atoms with Crippen LogP contribution in [0.3, 0.4) is 0 Å². The number of carbonyl (C=O) groups excluding carboxylic acids is 1. The summed E-state index contributed by atoms with van der Waals surface area (Å²) in [5.74, 6) is -0.0604. The Bertz CT molecular complexity index is 657. The van der Waals surface area contributed by atoms with Crippen LogP contribution in [0.5, 0.6) is 0 Å². The van der Waals surface area contributed by atoms with Gasteiger partial charge >= 0.3 is 5.97 Å². The van der Waals surface area contributed by atoms with Gasteiger partial charge < -0.3 is 4.74 Å². The van der Waals surface area contributed by atoms with E-state index in [1.54, 1.807) is 0 Å². The van der Waals surface area contributed by atoms with Crippen molar-refractivity contribution in [2.75, 3.05) is 6.61 Å². The maximum Gasteiger partial charge on any atom is 0.306 e. The normalized spacial score (nSPS) is 12.6. The monoisotopic (exact) mass is 484 g/mol. The topological polar surface area (TPSA) is 26.3 Å². The third-order valence-corrected chi connectivity index (χ3v) is 6.13. The predicted octanol–water partition coefficient (Wildman–Crippen LogP) is 10.8. The van der Waals surface area contributed by atoms with E-state index < -0.39 is 0 Å². The Morgan fingerprint density at radius 3 is 1.83 bits per heavy atom. The summed E-state index contributed by atoms with van der Waals surface area (Å²) in [6, 6.07) is 0. The highest BCUT2D eigenvalue weighted by Gasteiger charge is 2.01. The molecule has 2 nitrogen and oxygen atoms in total. The number of hydrogen-bond donors (Lipinski definition) is 0. The van der Waals surface area contributed by atoms with Crippen LogP contribution in [0.25, 0.3) is 0 Å². The smallest absolute Gasteiger partial charge is 0.306 e. The second kappa shape index (κ2) is 25.3. The van der Waals surface area contributed by atoms with Gasteiger partial charge in [-0.05, 0) is 98.0 Å². The Kier molecular flexibility index (Phi) is 23.9. The van der Waals surface area contributed by atoms with Crippen molar-refractivity contribution in [3.63, 3.8) is 0 Å². The minimum atomic E-state index is -0.0604. The summed E-state index contributed by atoms with van der Waals surface area (Å²) in [4.78, 5) is 11.9. The molecule has 0 amide bonds. The number of hydrogen-bond acceptors (Lipinski definition) is 2. The summed E-state index contributed by atoms with van der Waals surface area (Å²) in [5, 5.41) is 0. The van der Waals surface area contributed by atoms with Crippen molar-refractivity contribution in [3.05, 3.63) is 59.3 Å². The van der Waals surface area contributed by atoms with Crippen molar-refractivity contribution < 1.29 is 9.53 Å². The molecule has 0 unspecified atom stereocenters. The molecule has 0 atom stereocenters. The van der Waals surface area contributed by atoms with Crippen molar-refractivity contribution in [1.82, 2.24) is 0 Å². The molecule has 0 N–H and O–H groups in total. The molecule has 0 aliphatic heterocycles. The highest BCUT2D eigenvalue weighted by molar-refractivity contribution is 5.69. The van der Waals surface area contributed by atoms with Gasteiger partial charge in [-0.25, -0.2) is 0 Å². The number of allylic oxidation sites excluding steroid dienone is 9. The van der Waals surface area contributed by atoms with E-state index >= 15 is 0 Å². The van der Waals surface area contributed by atoms with E-state index in [0.29, 0.717) is 13.0 Å². The first-order chi connectivity index (χ1) is 17.0. The van der Waals surface area contributed by atoms with E-state index in [0.717, 1.165) is 44.9 Å². The first-order valence-electron chi connectivity index (χ1n) is 14.4. The first kappa shape index (κ1) is 33.2. The fraction of sp³-hybridized carbons (Fsp3) is 0.667. The minimum Gasteiger partial charge on any atom is -0.461 e. The molecule has 35 heavy (non-hydrogen) atoms. The van der Waals surface area contributed by atoms with Crippen molar-refractivity contribution in [2.24, 2.45) is 0 Å². The van der Waals surface area contributed by atoms with Gasteiger partial charge in [0.25, 0.3) is 0 Å². The molecule has 0 aliphatic rings. The summed E-state index contributed by atoms with van der Waals surface area (Å²) in [6.45, 7) is 11.3. The van der Waals surface area contributed by atoms with Gasteiger partial charge in [0, 0.05) is 6.42 Å². The van der Waals surface area contributed by atoms with Crippen LogP contribution in [-0.2, 0) is 9.53 Å². The molecule has 0 radical (unpaired) electrons. The Hall–Kier alpha value is -1.83. The van der Waals surface area contributed by atoms with Crippen molar-refractivity contribution in [2.45, 2.75) is 137 Å². The quantitative estimate of drug-likeness (QED) is 0.0867. The molecule has 0 aromatic carbocycles. The Morgan fingerprint density at radius 2 is 1.17 bits per heavy atom. The SMILES string of the molecule is CCCCC/C=C\C/C=C\CCCCCCCC(=O)OCC=C(C)CCC=C(C)CCC=C(C)C. The molecule has 0 saturated heterocycles. The van der Waals surface area contributed by atoms with Crippen molar-refractivity contribution >= 4 is 5.97 Å². The highest BCUT2D eigenvalue weighted by Crippen LogP contribution is 2.12. The molecule has 0 saturated carbocycles. The second-order valence-electron chi connectivity index (χ2n) is 10.1. The van der Waals surface area contributed by atoms with E-state index in [1.807, 2.05) is 0 Å². The Labute approximate surface area is 218 Å². The summed E-state index contributed by atoms with van der Waals surface area (Å²) in [6.07, 6.45) is 34.0. The van der Waals surface area contributed by atoms with E-state index in [9.17, 15) is 4.79 Å². The summed E-state index contributed by atoms with van der Waals surface area (Å²) in [7, 11) is 0. The third kappa shape index (κ3) is 26.6. The van der Waals surface area contributed by atoms with Crippen LogP contribution in [0, 0.1) is 0 Å². The average Bonchev–Trinajstić information content (AvgIpc) is 2.81. The van der Waals surface area contributed by atoms with Gasteiger partial charge in [0.2, 0.25) is 0 Å². The molecule has 0 aliphatic carbocycles. The zero-order chi connectivity index (χ0) is 26.0. The molecule has 0 fully saturated rings. The number of unbranched alkanes of at least 4 members (excludes halogenated alkanes) is 8. The minimum absolute atomic E-state index is 0.0604. The van der Waals surface area contributed by atoms with Crippen LogP contribution in [0.1, 0.15) is 137 Å². The summed E-state index contributed by atoms with van der Waals surface area (Å²) in [5.41, 5.74) is 4.14. The van der Waals surface area contributed by atoms with Gasteiger partial charge in [-0.15, -0.1) is 0 Å². The van der Waals surface area contributed by atoms with Gasteiger partial charge in [-0.2, -0.15) is 0 Å². The van der Waals surface area contributed by atoms with Gasteiger partial charge in [-0.3, -0.25) is 4.79 Å². The molecule has 0 rings (SSSR count). The lowest BCUT2D eigenvalue weighted by molar-refractivity contribution is -0.142. The Balaban J connectivity index is 3.63. The van der Waals surface area contributed by atoms with Crippen LogP contribution in [0.2, 0.25) is 0 Å². The maximum absolute atomic E-state index is 11.9. The zero-order valence-corrected chi connectivity index (χ0v) is 23.9. The van der Waals surface area contributed by atoms with Gasteiger partial charge in [-0.1, -0.05) is 92.2 Å². The molecule has 0 aromatic heterocycles. The fourth-order valence-electron chi connectivity index (χ4n) is 3.77. The molecule has 200 valence electrons. The molecule has 0 heterocycles. The van der Waals surface area contributed by atoms with E-state index in [4.69, 9.17) is 4.74 Å². The maximum atomic E-state index is 11.9. The lowest BCUT2D eigenvalue weighted by atomic mass is 10.1. The summed E-state index contributed by atoms with van der Waals surface area (Å²) >= 11 is 0. The average molecular weight is 485 g/mol. The molecule has 2 heteroatoms. The fourth-order valence-corrected chi connectivity index (χ4v) is 3.77. The number of rotatable bonds is 22. The molecule has 0 bridgehead atoms. The van der Waals surface area contributed by atoms with Gasteiger partial charge in [0.1, 0.15) is 6.61 Å². The van der Waals surface area contributed by atoms with Gasteiger partial charge in [0.15, 0.2) is 0 Å². The Morgan fingerprint density at radius 1 is 0.600 bits per heavy atom. The third-order valence-electron chi connectivity index (χ3n) is 6.13. The highest BCUT2D eigenvalue weighted by atomic mass is 16.5. The van der Waals surface area contributed by atoms with Crippen LogP contribution < -0.4 is 0 Å². The standard InChI is InChI=1S/C33H56O2/c1-6-7-8-9-10-11-12-13-14-15-16-17-18-19-20-27-33(34)35-29-28-32(5)26-22-25-31(4)24-21-23-30(2)3/h10-11,13-14,23,25,28H,6-9,12,15-22,24,26-27,29H2,1-5H3/b11-10-,14-13-,31-25?,32-28?. The lowest BCUT2D eigenvalue weighted by Gasteiger charge is -2.04. The first-order valence-corrected chi connectivity index (χ1v) is 14.4. The molecule has 0 spiro atoms. The largest absolute Gasteiger partial charge is 0.461 e. The van der Waals surface area contributed by atoms with E-state index in [-0.39, 0.29) is 5.97 Å². The lowest BCUT2D eigenvalue weighted by Crippen LogP contribution is -2.04. The second-order valence-corrected chi connectivity index (χ2v) is 10.1. The van der Waals surface area contributed by atoms with Crippen molar-refractivity contribution in [1.29, 1.82) is 0 Å². The number of ether oxygens (including phenoxy) is 1. The van der Waals surface area contributed by atoms with E-state index in [2.05, 4.69) is 77.2 Å². The number of carbonyl (C=O) groups is 1. The van der Waals surface area contributed by atoms with Crippen LogP contribution in [-0.4, -0.2) is 12.6 Å². The zero-order valence-electron chi connectivity index (χ0n) is 23.9. The van der Waals surface area contributed by atoms with E-state index in [1.165, 1.54) is 68.1 Å². The van der Waals surface area contributed by atoms with Crippen LogP contribution in [0.15, 0.2) is 59.3 Å². The number of esters is 1.